The molecule has 0 aromatic carbocycles. The average Bonchev–Trinajstić information content (AvgIpc) is 2.45. The van der Waals surface area contributed by atoms with E-state index in [9.17, 15) is 5.11 Å². The molecule has 2 saturated heterocycles. The third-order valence-corrected chi connectivity index (χ3v) is 4.58. The Morgan fingerprint density at radius 3 is 2.63 bits per heavy atom. The minimum atomic E-state index is -0.367. The predicted octanol–water partition coefficient (Wildman–Crippen LogP) is 2.14. The second-order valence-electron chi connectivity index (χ2n) is 5.79. The van der Waals surface area contributed by atoms with E-state index >= 15 is 0 Å². The van der Waals surface area contributed by atoms with Gasteiger partial charge in [0.15, 0.2) is 0 Å². The molecule has 4 nitrogen and oxygen atoms in total. The molecule has 0 radical (unpaired) electrons. The number of hydrogen-bond acceptors (Lipinski definition) is 4. The monoisotopic (exact) mass is 272 g/mol. The van der Waals surface area contributed by atoms with Crippen LogP contribution in [0.2, 0.25) is 0 Å². The molecule has 2 rings (SSSR count). The highest BCUT2D eigenvalue weighted by Crippen LogP contribution is 2.39. The summed E-state index contributed by atoms with van der Waals surface area (Å²) in [5.74, 6) is 0.295. The molecule has 3 atom stereocenters. The number of ether oxygens (including phenoxy) is 3. The van der Waals surface area contributed by atoms with E-state index in [-0.39, 0.29) is 17.8 Å². The second kappa shape index (κ2) is 7.02. The van der Waals surface area contributed by atoms with Crippen LogP contribution in [-0.4, -0.2) is 49.3 Å². The van der Waals surface area contributed by atoms with Gasteiger partial charge in [-0.15, -0.1) is 0 Å². The van der Waals surface area contributed by atoms with Gasteiger partial charge in [-0.1, -0.05) is 6.92 Å². The highest BCUT2D eigenvalue weighted by molar-refractivity contribution is 4.92. The van der Waals surface area contributed by atoms with Crippen molar-refractivity contribution in [2.75, 3.05) is 26.4 Å². The predicted molar refractivity (Wildman–Crippen MR) is 73.2 cm³/mol. The van der Waals surface area contributed by atoms with Gasteiger partial charge in [0.2, 0.25) is 0 Å². The lowest BCUT2D eigenvalue weighted by atomic mass is 9.77. The fourth-order valence-electron chi connectivity index (χ4n) is 3.42. The first-order valence-corrected chi connectivity index (χ1v) is 7.72. The summed E-state index contributed by atoms with van der Waals surface area (Å²) < 4.78 is 17.1. The summed E-state index contributed by atoms with van der Waals surface area (Å²) in [4.78, 5) is 0. The lowest BCUT2D eigenvalue weighted by Gasteiger charge is -2.45. The normalized spacial score (nSPS) is 30.2. The van der Waals surface area contributed by atoms with Crippen molar-refractivity contribution < 1.29 is 19.3 Å². The van der Waals surface area contributed by atoms with Gasteiger partial charge in [-0.25, -0.2) is 0 Å². The standard InChI is InChI=1S/C15H28O4/c1-3-13(18-4-2)14(16)12-5-8-19-15(11-12)6-9-17-10-7-15/h12-14,16H,3-11H2,1-2H3. The smallest absolute Gasteiger partial charge is 0.0833 e. The minimum Gasteiger partial charge on any atom is -0.390 e. The third-order valence-electron chi connectivity index (χ3n) is 4.58. The molecule has 19 heavy (non-hydrogen) atoms. The van der Waals surface area contributed by atoms with Gasteiger partial charge >= 0.3 is 0 Å². The molecular formula is C15H28O4. The first kappa shape index (κ1) is 15.2. The lowest BCUT2D eigenvalue weighted by Crippen LogP contribution is -2.48. The second-order valence-corrected chi connectivity index (χ2v) is 5.79. The van der Waals surface area contributed by atoms with E-state index in [4.69, 9.17) is 14.2 Å². The molecule has 0 aliphatic carbocycles. The maximum atomic E-state index is 10.6. The Morgan fingerprint density at radius 1 is 1.26 bits per heavy atom. The van der Waals surface area contributed by atoms with Crippen LogP contribution in [0.15, 0.2) is 0 Å². The topological polar surface area (TPSA) is 47.9 Å². The van der Waals surface area contributed by atoms with Crippen LogP contribution in [-0.2, 0) is 14.2 Å². The molecule has 2 aliphatic heterocycles. The van der Waals surface area contributed by atoms with Gasteiger partial charge in [0.05, 0.1) is 17.8 Å². The first-order valence-electron chi connectivity index (χ1n) is 7.72. The Labute approximate surface area is 116 Å². The maximum Gasteiger partial charge on any atom is 0.0833 e. The molecule has 112 valence electrons. The number of rotatable bonds is 5. The van der Waals surface area contributed by atoms with Gasteiger partial charge in [-0.05, 0) is 44.9 Å². The number of aliphatic hydroxyl groups is 1. The molecule has 0 bridgehead atoms. The van der Waals surface area contributed by atoms with E-state index in [0.717, 1.165) is 51.9 Å². The van der Waals surface area contributed by atoms with Crippen molar-refractivity contribution in [2.45, 2.75) is 63.8 Å². The van der Waals surface area contributed by atoms with Crippen LogP contribution in [0.1, 0.15) is 46.0 Å². The van der Waals surface area contributed by atoms with E-state index < -0.39 is 0 Å². The fourth-order valence-corrected chi connectivity index (χ4v) is 3.42. The maximum absolute atomic E-state index is 10.6. The van der Waals surface area contributed by atoms with Gasteiger partial charge < -0.3 is 19.3 Å². The zero-order chi connectivity index (χ0) is 13.7. The van der Waals surface area contributed by atoms with Crippen LogP contribution >= 0.6 is 0 Å². The van der Waals surface area contributed by atoms with Crippen molar-refractivity contribution in [1.82, 2.24) is 0 Å². The van der Waals surface area contributed by atoms with Crippen LogP contribution in [0.25, 0.3) is 0 Å². The Bertz CT molecular complexity index is 257. The summed E-state index contributed by atoms with van der Waals surface area (Å²) in [5.41, 5.74) is -0.0490. The van der Waals surface area contributed by atoms with E-state index in [2.05, 4.69) is 6.92 Å². The summed E-state index contributed by atoms with van der Waals surface area (Å²) >= 11 is 0. The fraction of sp³-hybridized carbons (Fsp3) is 1.00. The van der Waals surface area contributed by atoms with E-state index in [1.54, 1.807) is 0 Å². The van der Waals surface area contributed by atoms with E-state index in [0.29, 0.717) is 12.5 Å². The first-order chi connectivity index (χ1) is 9.21. The summed E-state index contributed by atoms with van der Waals surface area (Å²) in [6.07, 6.45) is 4.26. The van der Waals surface area contributed by atoms with Crippen LogP contribution in [0.5, 0.6) is 0 Å². The molecule has 2 heterocycles. The minimum absolute atomic E-state index is 0.0370. The molecule has 1 spiro atoms. The van der Waals surface area contributed by atoms with Crippen molar-refractivity contribution >= 4 is 0 Å². The van der Waals surface area contributed by atoms with Crippen molar-refractivity contribution in [3.8, 4) is 0 Å². The van der Waals surface area contributed by atoms with Crippen LogP contribution < -0.4 is 0 Å². The molecule has 3 unspecified atom stereocenters. The zero-order valence-electron chi connectivity index (χ0n) is 12.3. The van der Waals surface area contributed by atoms with Crippen LogP contribution in [0.4, 0.5) is 0 Å². The lowest BCUT2D eigenvalue weighted by molar-refractivity contribution is -0.170. The Kier molecular flexibility index (Phi) is 5.63. The Morgan fingerprint density at radius 2 is 2.00 bits per heavy atom. The average molecular weight is 272 g/mol. The molecular weight excluding hydrogens is 244 g/mol. The molecule has 4 heteroatoms. The third kappa shape index (κ3) is 3.69. The van der Waals surface area contributed by atoms with Crippen molar-refractivity contribution in [2.24, 2.45) is 5.92 Å². The quantitative estimate of drug-likeness (QED) is 0.833. The SMILES string of the molecule is CCOC(CC)C(O)C1CCOC2(CCOCC2)C1. The van der Waals surface area contributed by atoms with E-state index in [1.807, 2.05) is 6.92 Å². The molecule has 0 amide bonds. The summed E-state index contributed by atoms with van der Waals surface area (Å²) in [7, 11) is 0. The molecule has 1 N–H and O–H groups in total. The molecule has 0 aromatic rings. The summed E-state index contributed by atoms with van der Waals surface area (Å²) in [6.45, 7) is 7.05. The Hall–Kier alpha value is -0.160. The van der Waals surface area contributed by atoms with Crippen molar-refractivity contribution in [1.29, 1.82) is 0 Å². The zero-order valence-corrected chi connectivity index (χ0v) is 12.3. The van der Waals surface area contributed by atoms with Gasteiger partial charge in [-0.3, -0.25) is 0 Å². The van der Waals surface area contributed by atoms with Crippen molar-refractivity contribution in [3.63, 3.8) is 0 Å². The van der Waals surface area contributed by atoms with Gasteiger partial charge in [0.25, 0.3) is 0 Å². The molecule has 0 aromatic heterocycles. The van der Waals surface area contributed by atoms with Gasteiger partial charge in [0.1, 0.15) is 0 Å². The largest absolute Gasteiger partial charge is 0.390 e. The van der Waals surface area contributed by atoms with Crippen LogP contribution in [0.3, 0.4) is 0 Å². The molecule has 2 aliphatic rings. The van der Waals surface area contributed by atoms with Gasteiger partial charge in [-0.2, -0.15) is 0 Å². The highest BCUT2D eigenvalue weighted by Gasteiger charge is 2.42. The van der Waals surface area contributed by atoms with Gasteiger partial charge in [0, 0.05) is 26.4 Å². The summed E-state index contributed by atoms with van der Waals surface area (Å²) in [6, 6.07) is 0. The highest BCUT2D eigenvalue weighted by atomic mass is 16.5. The number of aliphatic hydroxyl groups excluding tert-OH is 1. The molecule has 2 fully saturated rings. The van der Waals surface area contributed by atoms with Crippen LogP contribution in [0, 0.1) is 5.92 Å². The Balaban J connectivity index is 1.95. The molecule has 0 saturated carbocycles. The summed E-state index contributed by atoms with van der Waals surface area (Å²) in [5, 5.41) is 10.6. The van der Waals surface area contributed by atoms with Crippen molar-refractivity contribution in [3.05, 3.63) is 0 Å². The number of hydrogen-bond donors (Lipinski definition) is 1. The van der Waals surface area contributed by atoms with E-state index in [1.165, 1.54) is 0 Å².